The minimum absolute atomic E-state index is 0. The van der Waals surface area contributed by atoms with Gasteiger partial charge in [0.2, 0.25) is 10.0 Å². The summed E-state index contributed by atoms with van der Waals surface area (Å²) in [5.74, 6) is 1.68. The highest BCUT2D eigenvalue weighted by Crippen LogP contribution is 2.22. The van der Waals surface area contributed by atoms with E-state index in [4.69, 9.17) is 14.9 Å². The fourth-order valence-electron chi connectivity index (χ4n) is 3.40. The van der Waals surface area contributed by atoms with E-state index in [-0.39, 0.29) is 28.9 Å². The molecule has 1 aliphatic heterocycles. The molecule has 1 heterocycles. The monoisotopic (exact) mass is 559 g/mol. The van der Waals surface area contributed by atoms with Crippen LogP contribution in [0, 0.1) is 0 Å². The van der Waals surface area contributed by atoms with Gasteiger partial charge in [0.1, 0.15) is 5.75 Å². The fraction of sp³-hybridized carbons (Fsp3) is 0.381. The summed E-state index contributed by atoms with van der Waals surface area (Å²) in [6.07, 6.45) is 0. The van der Waals surface area contributed by atoms with Crippen molar-refractivity contribution < 1.29 is 13.2 Å². The summed E-state index contributed by atoms with van der Waals surface area (Å²) in [5, 5.41) is 8.56. The third-order valence-electron chi connectivity index (χ3n) is 4.97. The zero-order valence-corrected chi connectivity index (χ0v) is 21.0. The molecule has 1 saturated heterocycles. The molecular formula is C21H30IN5O3S. The first-order chi connectivity index (χ1) is 14.4. The molecule has 0 amide bonds. The van der Waals surface area contributed by atoms with Gasteiger partial charge in [-0.1, -0.05) is 18.2 Å². The molecule has 0 unspecified atom stereocenters. The van der Waals surface area contributed by atoms with E-state index >= 15 is 0 Å². The molecule has 2 aromatic carbocycles. The molecular weight excluding hydrogens is 529 g/mol. The van der Waals surface area contributed by atoms with Gasteiger partial charge in [-0.3, -0.25) is 0 Å². The number of hydrogen-bond acceptors (Lipinski definition) is 5. The van der Waals surface area contributed by atoms with E-state index in [1.807, 2.05) is 31.2 Å². The summed E-state index contributed by atoms with van der Waals surface area (Å²) in [7, 11) is -2.05. The molecule has 31 heavy (non-hydrogen) atoms. The number of sulfonamides is 1. The standard InChI is InChI=1S/C21H29N5O3S.HI/c1-3-23-21(24-16-17-6-4-9-20(14-17)30(22,27)28)26-12-10-25(11-13-26)18-7-5-8-19(15-18)29-2;/h4-9,14-15H,3,10-13,16H2,1-2H3,(H,23,24)(H2,22,27,28);1H. The van der Waals surface area contributed by atoms with Crippen LogP contribution < -0.4 is 20.1 Å². The van der Waals surface area contributed by atoms with Crippen LogP contribution in [0.4, 0.5) is 5.69 Å². The van der Waals surface area contributed by atoms with Crippen molar-refractivity contribution in [3.63, 3.8) is 0 Å². The minimum atomic E-state index is -3.72. The number of methoxy groups -OCH3 is 1. The van der Waals surface area contributed by atoms with Gasteiger partial charge in [0.15, 0.2) is 5.96 Å². The first kappa shape index (κ1) is 25.2. The Kier molecular flexibility index (Phi) is 9.38. The number of benzene rings is 2. The van der Waals surface area contributed by atoms with Gasteiger partial charge in [0.05, 0.1) is 18.6 Å². The molecule has 1 aliphatic rings. The van der Waals surface area contributed by atoms with Gasteiger partial charge in [-0.15, -0.1) is 24.0 Å². The number of halogens is 1. The summed E-state index contributed by atoms with van der Waals surface area (Å²) in [5.41, 5.74) is 1.95. The first-order valence-corrected chi connectivity index (χ1v) is 11.5. The number of aliphatic imine (C=N–C) groups is 1. The van der Waals surface area contributed by atoms with Crippen molar-refractivity contribution in [2.75, 3.05) is 44.7 Å². The van der Waals surface area contributed by atoms with Crippen molar-refractivity contribution in [3.8, 4) is 5.75 Å². The Bertz CT molecular complexity index is 992. The predicted molar refractivity (Wildman–Crippen MR) is 135 cm³/mol. The molecule has 1 fully saturated rings. The van der Waals surface area contributed by atoms with Crippen LogP contribution >= 0.6 is 24.0 Å². The zero-order chi connectivity index (χ0) is 21.6. The lowest BCUT2D eigenvalue weighted by Crippen LogP contribution is -2.52. The number of anilines is 1. The van der Waals surface area contributed by atoms with Crippen molar-refractivity contribution in [2.45, 2.75) is 18.4 Å². The van der Waals surface area contributed by atoms with E-state index in [1.54, 1.807) is 19.2 Å². The average Bonchev–Trinajstić information content (AvgIpc) is 2.76. The minimum Gasteiger partial charge on any atom is -0.497 e. The van der Waals surface area contributed by atoms with E-state index in [9.17, 15) is 8.42 Å². The number of hydrogen-bond donors (Lipinski definition) is 2. The van der Waals surface area contributed by atoms with Crippen LogP contribution in [0.5, 0.6) is 5.75 Å². The van der Waals surface area contributed by atoms with Crippen LogP contribution in [-0.4, -0.2) is 59.1 Å². The average molecular weight is 559 g/mol. The van der Waals surface area contributed by atoms with Crippen molar-refractivity contribution in [3.05, 3.63) is 54.1 Å². The second kappa shape index (κ2) is 11.5. The third-order valence-corrected chi connectivity index (χ3v) is 5.88. The van der Waals surface area contributed by atoms with Crippen LogP contribution in [-0.2, 0) is 16.6 Å². The Morgan fingerprint density at radius 3 is 2.48 bits per heavy atom. The summed E-state index contributed by atoms with van der Waals surface area (Å²) < 4.78 is 28.5. The highest BCUT2D eigenvalue weighted by atomic mass is 127. The second-order valence-corrected chi connectivity index (χ2v) is 8.60. The van der Waals surface area contributed by atoms with Crippen LogP contribution in [0.25, 0.3) is 0 Å². The van der Waals surface area contributed by atoms with Gasteiger partial charge in [-0.2, -0.15) is 0 Å². The molecule has 3 N–H and O–H groups in total. The molecule has 0 radical (unpaired) electrons. The Labute approximate surface area is 201 Å². The summed E-state index contributed by atoms with van der Waals surface area (Å²) in [6.45, 7) is 6.58. The number of nitrogens with one attached hydrogen (secondary N) is 1. The maximum absolute atomic E-state index is 11.6. The number of ether oxygens (including phenoxy) is 1. The third kappa shape index (κ3) is 6.97. The van der Waals surface area contributed by atoms with Crippen molar-refractivity contribution in [1.29, 1.82) is 0 Å². The highest BCUT2D eigenvalue weighted by Gasteiger charge is 2.20. The molecule has 0 aliphatic carbocycles. The van der Waals surface area contributed by atoms with Crippen molar-refractivity contribution >= 4 is 45.6 Å². The summed E-state index contributed by atoms with van der Waals surface area (Å²) in [6, 6.07) is 14.7. The second-order valence-electron chi connectivity index (χ2n) is 7.04. The van der Waals surface area contributed by atoms with Gasteiger partial charge in [0, 0.05) is 44.5 Å². The topological polar surface area (TPSA) is 100 Å². The normalized spacial score (nSPS) is 14.7. The maximum Gasteiger partial charge on any atom is 0.238 e. The molecule has 0 atom stereocenters. The Hall–Kier alpha value is -2.05. The molecule has 2 aromatic rings. The van der Waals surface area contributed by atoms with Crippen LogP contribution in [0.3, 0.4) is 0 Å². The Morgan fingerprint density at radius 1 is 1.13 bits per heavy atom. The number of piperazine rings is 1. The summed E-state index contributed by atoms with van der Waals surface area (Å²) in [4.78, 5) is 9.37. The van der Waals surface area contributed by atoms with E-state index in [1.165, 1.54) is 6.07 Å². The Morgan fingerprint density at radius 2 is 1.84 bits per heavy atom. The summed E-state index contributed by atoms with van der Waals surface area (Å²) >= 11 is 0. The molecule has 0 spiro atoms. The lowest BCUT2D eigenvalue weighted by molar-refractivity contribution is 0.372. The van der Waals surface area contributed by atoms with Crippen LogP contribution in [0.1, 0.15) is 12.5 Å². The number of primary sulfonamides is 1. The molecule has 10 heteroatoms. The molecule has 0 aromatic heterocycles. The Balaban J connectivity index is 0.00000341. The molecule has 8 nitrogen and oxygen atoms in total. The van der Waals surface area contributed by atoms with E-state index in [0.717, 1.165) is 55.7 Å². The predicted octanol–water partition coefficient (Wildman–Crippen LogP) is 2.25. The molecule has 170 valence electrons. The number of nitrogens with zero attached hydrogens (tertiary/aromatic N) is 3. The zero-order valence-electron chi connectivity index (χ0n) is 17.8. The van der Waals surface area contributed by atoms with Gasteiger partial charge in [-0.25, -0.2) is 18.5 Å². The molecule has 0 saturated carbocycles. The van der Waals surface area contributed by atoms with Gasteiger partial charge in [0.25, 0.3) is 0 Å². The van der Waals surface area contributed by atoms with Crippen molar-refractivity contribution in [2.24, 2.45) is 10.1 Å². The first-order valence-electron chi connectivity index (χ1n) is 9.94. The lowest BCUT2D eigenvalue weighted by Gasteiger charge is -2.37. The number of guanidine groups is 1. The smallest absolute Gasteiger partial charge is 0.238 e. The molecule has 0 bridgehead atoms. The van der Waals surface area contributed by atoms with Crippen molar-refractivity contribution in [1.82, 2.24) is 10.2 Å². The SMILES string of the molecule is CCNC(=NCc1cccc(S(N)(=O)=O)c1)N1CCN(c2cccc(OC)c2)CC1.I. The number of nitrogens with two attached hydrogens (primary N) is 1. The quantitative estimate of drug-likeness (QED) is 0.320. The fourth-order valence-corrected chi connectivity index (χ4v) is 3.98. The number of rotatable bonds is 6. The largest absolute Gasteiger partial charge is 0.497 e. The van der Waals surface area contributed by atoms with Gasteiger partial charge >= 0.3 is 0 Å². The van der Waals surface area contributed by atoms with E-state index < -0.39 is 10.0 Å². The maximum atomic E-state index is 11.6. The van der Waals surface area contributed by atoms with Gasteiger partial charge in [-0.05, 0) is 36.8 Å². The molecule has 3 rings (SSSR count). The highest BCUT2D eigenvalue weighted by molar-refractivity contribution is 14.0. The van der Waals surface area contributed by atoms with E-state index in [2.05, 4.69) is 21.2 Å². The van der Waals surface area contributed by atoms with E-state index in [0.29, 0.717) is 6.54 Å². The lowest BCUT2D eigenvalue weighted by atomic mass is 10.2. The van der Waals surface area contributed by atoms with Crippen LogP contribution in [0.15, 0.2) is 58.4 Å². The van der Waals surface area contributed by atoms with Crippen LogP contribution in [0.2, 0.25) is 0 Å². The van der Waals surface area contributed by atoms with Gasteiger partial charge < -0.3 is 19.9 Å².